The van der Waals surface area contributed by atoms with Crippen molar-refractivity contribution in [1.82, 2.24) is 5.32 Å². The molecule has 0 aromatic heterocycles. The topological polar surface area (TPSA) is 77.0 Å². The lowest BCUT2D eigenvalue weighted by molar-refractivity contribution is -0.150. The van der Waals surface area contributed by atoms with Crippen molar-refractivity contribution in [2.45, 2.75) is 69.9 Å². The number of rotatable bonds is 3. The van der Waals surface area contributed by atoms with Crippen LogP contribution in [0.15, 0.2) is 30.3 Å². The normalized spacial score (nSPS) is 31.8. The van der Waals surface area contributed by atoms with Gasteiger partial charge >= 0.3 is 6.09 Å². The van der Waals surface area contributed by atoms with E-state index in [4.69, 9.17) is 14.2 Å². The molecule has 4 atom stereocenters. The second kappa shape index (κ2) is 7.09. The molecule has 1 aromatic carbocycles. The Labute approximate surface area is 142 Å². The Morgan fingerprint density at radius 1 is 1.21 bits per heavy atom. The number of nitrogens with one attached hydrogen (secondary N) is 1. The van der Waals surface area contributed by atoms with Crippen LogP contribution >= 0.6 is 0 Å². The predicted molar refractivity (Wildman–Crippen MR) is 87.2 cm³/mol. The minimum Gasteiger partial charge on any atom is -0.445 e. The summed E-state index contributed by atoms with van der Waals surface area (Å²) in [4.78, 5) is 12.0. The number of amides is 1. The Morgan fingerprint density at radius 2 is 1.88 bits per heavy atom. The zero-order valence-electron chi connectivity index (χ0n) is 14.1. The van der Waals surface area contributed by atoms with E-state index in [0.29, 0.717) is 19.3 Å². The van der Waals surface area contributed by atoms with Gasteiger partial charge in [0.15, 0.2) is 5.79 Å². The van der Waals surface area contributed by atoms with Gasteiger partial charge in [-0.05, 0) is 32.3 Å². The molecule has 3 rings (SSSR count). The van der Waals surface area contributed by atoms with Gasteiger partial charge in [-0.3, -0.25) is 0 Å². The van der Waals surface area contributed by atoms with Gasteiger partial charge in [-0.2, -0.15) is 0 Å². The molecule has 0 spiro atoms. The second-order valence-electron chi connectivity index (χ2n) is 6.98. The van der Waals surface area contributed by atoms with Gasteiger partial charge < -0.3 is 24.6 Å². The van der Waals surface area contributed by atoms with Gasteiger partial charge in [0.25, 0.3) is 0 Å². The number of alkyl carbamates (subject to hydrolysis) is 1. The summed E-state index contributed by atoms with van der Waals surface area (Å²) in [6.07, 6.45) is 0.320. The van der Waals surface area contributed by atoms with Crippen LogP contribution in [0.3, 0.4) is 0 Å². The van der Waals surface area contributed by atoms with Crippen LogP contribution in [0.1, 0.15) is 38.7 Å². The summed E-state index contributed by atoms with van der Waals surface area (Å²) < 4.78 is 17.0. The standard InChI is InChI=1S/C18H25NO5/c1-18(2)23-15-9-13(8-14(20)10-16(15)24-18)19-17(21)22-11-12-6-4-3-5-7-12/h3-7,13-16,20H,8-11H2,1-2H3,(H,19,21)/t13-,14?,15-,16-/m0/s1. The summed E-state index contributed by atoms with van der Waals surface area (Å²) in [5.74, 6) is -0.648. The summed E-state index contributed by atoms with van der Waals surface area (Å²) in [5.41, 5.74) is 0.933. The average molecular weight is 335 g/mol. The molecule has 1 saturated carbocycles. The Hall–Kier alpha value is -1.63. The maximum absolute atomic E-state index is 12.0. The van der Waals surface area contributed by atoms with Gasteiger partial charge in [-0.15, -0.1) is 0 Å². The number of aliphatic hydroxyl groups excluding tert-OH is 1. The molecule has 1 unspecified atom stereocenters. The van der Waals surface area contributed by atoms with E-state index in [1.165, 1.54) is 0 Å². The first-order valence-electron chi connectivity index (χ1n) is 8.42. The summed E-state index contributed by atoms with van der Waals surface area (Å²) >= 11 is 0. The third-order valence-electron chi connectivity index (χ3n) is 4.40. The molecule has 24 heavy (non-hydrogen) atoms. The van der Waals surface area contributed by atoms with Crippen LogP contribution in [0.25, 0.3) is 0 Å². The third-order valence-corrected chi connectivity index (χ3v) is 4.40. The van der Waals surface area contributed by atoms with E-state index in [0.717, 1.165) is 5.56 Å². The zero-order valence-corrected chi connectivity index (χ0v) is 14.1. The number of fused-ring (bicyclic) bond motifs is 1. The highest BCUT2D eigenvalue weighted by Crippen LogP contribution is 2.35. The highest BCUT2D eigenvalue weighted by Gasteiger charge is 2.45. The maximum atomic E-state index is 12.0. The fourth-order valence-corrected chi connectivity index (χ4v) is 3.43. The maximum Gasteiger partial charge on any atom is 0.407 e. The first kappa shape index (κ1) is 17.2. The summed E-state index contributed by atoms with van der Waals surface area (Å²) in [6, 6.07) is 9.32. The fraction of sp³-hybridized carbons (Fsp3) is 0.611. The summed E-state index contributed by atoms with van der Waals surface area (Å²) in [7, 11) is 0. The van der Waals surface area contributed by atoms with Gasteiger partial charge in [-0.1, -0.05) is 30.3 Å². The summed E-state index contributed by atoms with van der Waals surface area (Å²) in [5, 5.41) is 13.0. The number of hydrogen-bond donors (Lipinski definition) is 2. The Morgan fingerprint density at radius 3 is 2.58 bits per heavy atom. The molecule has 0 bridgehead atoms. The molecule has 2 fully saturated rings. The molecule has 1 amide bonds. The summed E-state index contributed by atoms with van der Waals surface area (Å²) in [6.45, 7) is 3.95. The molecule has 2 aliphatic rings. The van der Waals surface area contributed by atoms with E-state index in [9.17, 15) is 9.90 Å². The van der Waals surface area contributed by atoms with E-state index in [2.05, 4.69) is 5.32 Å². The third kappa shape index (κ3) is 4.47. The van der Waals surface area contributed by atoms with E-state index in [1.807, 2.05) is 44.2 Å². The molecule has 2 N–H and O–H groups in total. The highest BCUT2D eigenvalue weighted by atomic mass is 16.8. The monoisotopic (exact) mass is 335 g/mol. The lowest BCUT2D eigenvalue weighted by Gasteiger charge is -2.22. The molecule has 0 radical (unpaired) electrons. The first-order chi connectivity index (χ1) is 11.4. The van der Waals surface area contributed by atoms with Gasteiger partial charge in [0.2, 0.25) is 0 Å². The van der Waals surface area contributed by atoms with E-state index in [-0.39, 0.29) is 24.9 Å². The van der Waals surface area contributed by atoms with E-state index in [1.54, 1.807) is 0 Å². The minimum absolute atomic E-state index is 0.128. The van der Waals surface area contributed by atoms with Crippen molar-refractivity contribution in [3.8, 4) is 0 Å². The number of carbonyl (C=O) groups excluding carboxylic acids is 1. The number of hydrogen-bond acceptors (Lipinski definition) is 5. The molecule has 1 saturated heterocycles. The zero-order chi connectivity index (χ0) is 17.2. The van der Waals surface area contributed by atoms with Crippen LogP contribution < -0.4 is 5.32 Å². The molecular formula is C18H25NO5. The van der Waals surface area contributed by atoms with Crippen LogP contribution in [0.2, 0.25) is 0 Å². The van der Waals surface area contributed by atoms with Gasteiger partial charge in [0, 0.05) is 12.5 Å². The van der Waals surface area contributed by atoms with Crippen LogP contribution in [0.4, 0.5) is 4.79 Å². The van der Waals surface area contributed by atoms with Crippen molar-refractivity contribution in [3.05, 3.63) is 35.9 Å². The minimum atomic E-state index is -0.648. The Balaban J connectivity index is 1.53. The second-order valence-corrected chi connectivity index (χ2v) is 6.98. The first-order valence-corrected chi connectivity index (χ1v) is 8.42. The van der Waals surface area contributed by atoms with E-state index < -0.39 is 18.0 Å². The average Bonchev–Trinajstić information content (AvgIpc) is 2.71. The van der Waals surface area contributed by atoms with Crippen LogP contribution in [-0.4, -0.2) is 41.3 Å². The number of ether oxygens (including phenoxy) is 3. The molecule has 1 aliphatic heterocycles. The predicted octanol–water partition coefficient (Wildman–Crippen LogP) is 2.35. The Bertz CT molecular complexity index is 562. The van der Waals surface area contributed by atoms with Crippen molar-refractivity contribution >= 4 is 6.09 Å². The van der Waals surface area contributed by atoms with Crippen molar-refractivity contribution in [2.75, 3.05) is 0 Å². The van der Waals surface area contributed by atoms with Gasteiger partial charge in [-0.25, -0.2) is 4.79 Å². The molecule has 1 heterocycles. The van der Waals surface area contributed by atoms with E-state index >= 15 is 0 Å². The highest BCUT2D eigenvalue weighted by molar-refractivity contribution is 5.67. The van der Waals surface area contributed by atoms with Crippen molar-refractivity contribution in [3.63, 3.8) is 0 Å². The van der Waals surface area contributed by atoms with Gasteiger partial charge in [0.1, 0.15) is 6.61 Å². The van der Waals surface area contributed by atoms with Crippen LogP contribution in [-0.2, 0) is 20.8 Å². The molecule has 1 aromatic rings. The lowest BCUT2D eigenvalue weighted by Crippen LogP contribution is -2.39. The number of aliphatic hydroxyl groups is 1. The SMILES string of the molecule is CC1(C)O[C@H]2CC(O)C[C@H](NC(=O)OCc3ccccc3)C[C@@H]2O1. The molecule has 6 nitrogen and oxygen atoms in total. The number of benzene rings is 1. The van der Waals surface area contributed by atoms with Crippen molar-refractivity contribution < 1.29 is 24.1 Å². The quantitative estimate of drug-likeness (QED) is 0.887. The molecular weight excluding hydrogens is 310 g/mol. The molecule has 132 valence electrons. The van der Waals surface area contributed by atoms with Crippen molar-refractivity contribution in [2.24, 2.45) is 0 Å². The largest absolute Gasteiger partial charge is 0.445 e. The van der Waals surface area contributed by atoms with Gasteiger partial charge in [0.05, 0.1) is 18.3 Å². The number of carbonyl (C=O) groups is 1. The molecule has 1 aliphatic carbocycles. The Kier molecular flexibility index (Phi) is 5.08. The lowest BCUT2D eigenvalue weighted by atomic mass is 10.1. The van der Waals surface area contributed by atoms with Crippen LogP contribution in [0, 0.1) is 0 Å². The fourth-order valence-electron chi connectivity index (χ4n) is 3.43. The van der Waals surface area contributed by atoms with Crippen molar-refractivity contribution in [1.29, 1.82) is 0 Å². The molecule has 6 heteroatoms. The smallest absolute Gasteiger partial charge is 0.407 e. The van der Waals surface area contributed by atoms with Crippen LogP contribution in [0.5, 0.6) is 0 Å².